The van der Waals surface area contributed by atoms with Crippen LogP contribution in [0.15, 0.2) is 9.79 Å². The molecular formula is C5H6N4O. The zero-order chi connectivity index (χ0) is 6.97. The smallest absolute Gasteiger partial charge is 0.271 e. The fourth-order valence-corrected chi connectivity index (χ4v) is 0.906. The van der Waals surface area contributed by atoms with Crippen molar-refractivity contribution >= 4 is 12.2 Å². The summed E-state index contributed by atoms with van der Waals surface area (Å²) in [6, 6.07) is 0. The summed E-state index contributed by atoms with van der Waals surface area (Å²) in [6.07, 6.45) is 1.56. The highest BCUT2D eigenvalue weighted by molar-refractivity contribution is 5.63. The van der Waals surface area contributed by atoms with Crippen LogP contribution < -0.4 is 10.9 Å². The molecule has 5 nitrogen and oxygen atoms in total. The molecule has 2 rings (SSSR count). The van der Waals surface area contributed by atoms with Gasteiger partial charge in [0.1, 0.15) is 0 Å². The molecule has 0 radical (unpaired) electrons. The van der Waals surface area contributed by atoms with Crippen molar-refractivity contribution in [1.29, 1.82) is 0 Å². The predicted molar refractivity (Wildman–Crippen MR) is 36.4 cm³/mol. The average Bonchev–Trinajstić information content (AvgIpc) is 2.34. The quantitative estimate of drug-likeness (QED) is 0.450. The second kappa shape index (κ2) is 1.73. The first-order valence-electron chi connectivity index (χ1n) is 2.93. The number of aliphatic imine (C=N–C) groups is 1. The first-order valence-corrected chi connectivity index (χ1v) is 2.93. The number of fused-ring (bicyclic) bond motifs is 1. The largest absolute Gasteiger partial charge is 0.372 e. The van der Waals surface area contributed by atoms with E-state index in [2.05, 4.69) is 20.5 Å². The van der Waals surface area contributed by atoms with Gasteiger partial charge in [0.25, 0.3) is 5.56 Å². The number of aromatic nitrogens is 2. The summed E-state index contributed by atoms with van der Waals surface area (Å²) in [7, 11) is 0. The summed E-state index contributed by atoms with van der Waals surface area (Å²) >= 11 is 0. The molecule has 0 spiro atoms. The van der Waals surface area contributed by atoms with Gasteiger partial charge >= 0.3 is 0 Å². The van der Waals surface area contributed by atoms with E-state index >= 15 is 0 Å². The lowest BCUT2D eigenvalue weighted by Crippen LogP contribution is -2.18. The maximum atomic E-state index is 10.9. The molecule has 0 saturated heterocycles. The molecule has 5 heteroatoms. The first kappa shape index (κ1) is 5.28. The van der Waals surface area contributed by atoms with Crippen LogP contribution in [0.5, 0.6) is 0 Å². The lowest BCUT2D eigenvalue weighted by Gasteiger charge is -2.02. The van der Waals surface area contributed by atoms with Crippen molar-refractivity contribution in [3.63, 3.8) is 0 Å². The van der Waals surface area contributed by atoms with Gasteiger partial charge in [-0.15, -0.1) is 0 Å². The van der Waals surface area contributed by atoms with Crippen molar-refractivity contribution in [1.82, 2.24) is 15.5 Å². The summed E-state index contributed by atoms with van der Waals surface area (Å²) < 4.78 is 0. The minimum atomic E-state index is -0.0978. The highest BCUT2D eigenvalue weighted by Gasteiger charge is 2.09. The number of nitrogens with zero attached hydrogens (tertiary/aromatic N) is 1. The molecule has 52 valence electrons. The highest BCUT2D eigenvalue weighted by atomic mass is 16.1. The summed E-state index contributed by atoms with van der Waals surface area (Å²) in [5, 5.41) is 7.93. The van der Waals surface area contributed by atoms with E-state index in [4.69, 9.17) is 0 Å². The van der Waals surface area contributed by atoms with Crippen molar-refractivity contribution < 1.29 is 0 Å². The summed E-state index contributed by atoms with van der Waals surface area (Å²) in [4.78, 5) is 14.8. The third-order valence-electron chi connectivity index (χ3n) is 1.42. The fraction of sp³-hybridized carbons (Fsp3) is 0.200. The number of nitrogens with one attached hydrogen (secondary N) is 3. The Hall–Kier alpha value is -1.52. The Bertz CT molecular complexity index is 321. The van der Waals surface area contributed by atoms with Gasteiger partial charge in [-0.1, -0.05) is 0 Å². The Morgan fingerprint density at radius 1 is 1.50 bits per heavy atom. The highest BCUT2D eigenvalue weighted by Crippen LogP contribution is 2.11. The minimum Gasteiger partial charge on any atom is -0.372 e. The molecule has 0 bridgehead atoms. The van der Waals surface area contributed by atoms with E-state index in [9.17, 15) is 4.79 Å². The fourth-order valence-electron chi connectivity index (χ4n) is 0.906. The van der Waals surface area contributed by atoms with Gasteiger partial charge in [-0.05, 0) is 0 Å². The predicted octanol–water partition coefficient (Wildman–Crippen LogP) is -0.534. The topological polar surface area (TPSA) is 73.0 Å². The molecule has 1 aromatic heterocycles. The second-order valence-corrected chi connectivity index (χ2v) is 2.05. The Kier molecular flexibility index (Phi) is 0.913. The van der Waals surface area contributed by atoms with Gasteiger partial charge in [0.05, 0.1) is 18.4 Å². The van der Waals surface area contributed by atoms with Crippen LogP contribution in [-0.4, -0.2) is 16.5 Å². The molecule has 3 N–H and O–H groups in total. The van der Waals surface area contributed by atoms with E-state index in [0.717, 1.165) is 0 Å². The van der Waals surface area contributed by atoms with E-state index in [-0.39, 0.29) is 5.56 Å². The number of H-pyrrole nitrogens is 2. The number of aromatic amines is 2. The molecule has 1 aromatic rings. The molecule has 2 heterocycles. The summed E-state index contributed by atoms with van der Waals surface area (Å²) in [5.41, 5.74) is 0.571. The first-order chi connectivity index (χ1) is 4.88. The van der Waals surface area contributed by atoms with Gasteiger partial charge in [-0.25, -0.2) is 4.99 Å². The molecule has 0 amide bonds. The standard InChI is InChI=1S/C5H6N4O/c10-5-3-1-6-2-7-4(3)8-9-5/h2H,1H2,(H3,6,7,8,9,10). The average molecular weight is 138 g/mol. The van der Waals surface area contributed by atoms with Gasteiger partial charge in [-0.2, -0.15) is 0 Å². The van der Waals surface area contributed by atoms with E-state index in [1.165, 1.54) is 0 Å². The van der Waals surface area contributed by atoms with E-state index in [0.29, 0.717) is 17.9 Å². The van der Waals surface area contributed by atoms with Crippen molar-refractivity contribution in [2.75, 3.05) is 0 Å². The van der Waals surface area contributed by atoms with Crippen molar-refractivity contribution in [3.05, 3.63) is 15.9 Å². The molecule has 0 atom stereocenters. The van der Waals surface area contributed by atoms with E-state index in [1.807, 2.05) is 0 Å². The van der Waals surface area contributed by atoms with Gasteiger partial charge in [0.2, 0.25) is 0 Å². The molecule has 1 aliphatic heterocycles. The third kappa shape index (κ3) is 0.570. The zero-order valence-electron chi connectivity index (χ0n) is 5.14. The SMILES string of the molecule is O=c1[nH][nH]c2c1CNC=N2. The zero-order valence-corrected chi connectivity index (χ0v) is 5.14. The van der Waals surface area contributed by atoms with E-state index < -0.39 is 0 Å². The van der Waals surface area contributed by atoms with Crippen LogP contribution >= 0.6 is 0 Å². The van der Waals surface area contributed by atoms with Crippen LogP contribution in [0, 0.1) is 0 Å². The summed E-state index contributed by atoms with van der Waals surface area (Å²) in [6.45, 7) is 0.553. The molecule has 0 saturated carbocycles. The van der Waals surface area contributed by atoms with Gasteiger partial charge in [0.15, 0.2) is 5.82 Å². The lowest BCUT2D eigenvalue weighted by atomic mass is 10.3. The van der Waals surface area contributed by atoms with Crippen molar-refractivity contribution in [2.24, 2.45) is 4.99 Å². The number of hydrogen-bond acceptors (Lipinski definition) is 3. The number of hydrogen-bond donors (Lipinski definition) is 3. The van der Waals surface area contributed by atoms with Gasteiger partial charge in [-0.3, -0.25) is 15.0 Å². The maximum absolute atomic E-state index is 10.9. The molecule has 0 aliphatic carbocycles. The molecule has 0 unspecified atom stereocenters. The molecular weight excluding hydrogens is 132 g/mol. The summed E-state index contributed by atoms with van der Waals surface area (Å²) in [5.74, 6) is 0.628. The van der Waals surface area contributed by atoms with Crippen molar-refractivity contribution in [2.45, 2.75) is 6.54 Å². The molecule has 1 aliphatic rings. The van der Waals surface area contributed by atoms with Crippen LogP contribution in [0.4, 0.5) is 5.82 Å². The Labute approximate surface area is 56.2 Å². The Morgan fingerprint density at radius 2 is 2.40 bits per heavy atom. The van der Waals surface area contributed by atoms with Gasteiger partial charge in [0, 0.05) is 0 Å². The molecule has 0 aromatic carbocycles. The number of rotatable bonds is 0. The van der Waals surface area contributed by atoms with Crippen LogP contribution in [0.2, 0.25) is 0 Å². The Balaban J connectivity index is 2.68. The second-order valence-electron chi connectivity index (χ2n) is 2.05. The van der Waals surface area contributed by atoms with Gasteiger partial charge < -0.3 is 5.32 Å². The minimum absolute atomic E-state index is 0.0978. The van der Waals surface area contributed by atoms with Crippen LogP contribution in [0.25, 0.3) is 0 Å². The van der Waals surface area contributed by atoms with Crippen molar-refractivity contribution in [3.8, 4) is 0 Å². The lowest BCUT2D eigenvalue weighted by molar-refractivity contribution is 0.906. The monoisotopic (exact) mass is 138 g/mol. The van der Waals surface area contributed by atoms with E-state index in [1.54, 1.807) is 6.34 Å². The molecule has 0 fully saturated rings. The maximum Gasteiger partial charge on any atom is 0.271 e. The van der Waals surface area contributed by atoms with Crippen LogP contribution in [0.3, 0.4) is 0 Å². The van der Waals surface area contributed by atoms with Crippen LogP contribution in [-0.2, 0) is 6.54 Å². The normalized spacial score (nSPS) is 14.4. The van der Waals surface area contributed by atoms with Crippen LogP contribution in [0.1, 0.15) is 5.56 Å². The molecule has 10 heavy (non-hydrogen) atoms. The third-order valence-corrected chi connectivity index (χ3v) is 1.42. The Morgan fingerprint density at radius 3 is 3.20 bits per heavy atom.